The van der Waals surface area contributed by atoms with Crippen molar-refractivity contribution in [3.05, 3.63) is 28.2 Å². The molecule has 0 aliphatic carbocycles. The maximum atomic E-state index is 12.3. The molecule has 1 unspecified atom stereocenters. The van der Waals surface area contributed by atoms with E-state index >= 15 is 0 Å². The third kappa shape index (κ3) is 2.47. The van der Waals surface area contributed by atoms with E-state index in [1.54, 1.807) is 12.1 Å². The van der Waals surface area contributed by atoms with E-state index in [-0.39, 0.29) is 11.7 Å². The van der Waals surface area contributed by atoms with Crippen LogP contribution in [0.25, 0.3) is 0 Å². The van der Waals surface area contributed by atoms with Gasteiger partial charge in [0.05, 0.1) is 10.5 Å². The van der Waals surface area contributed by atoms with Crippen LogP contribution in [0.4, 0.5) is 0 Å². The summed E-state index contributed by atoms with van der Waals surface area (Å²) in [4.78, 5) is 13.8. The molecule has 0 radical (unpaired) electrons. The Morgan fingerprint density at radius 3 is 3.06 bits per heavy atom. The third-order valence-corrected chi connectivity index (χ3v) is 3.52. The molecule has 1 aliphatic heterocycles. The van der Waals surface area contributed by atoms with Gasteiger partial charge in [0.25, 0.3) is 5.91 Å². The van der Waals surface area contributed by atoms with Crippen LogP contribution in [0.1, 0.15) is 10.4 Å². The SMILES string of the molecule is N#CC1CNCCN1C(=O)c1ccc(Br)c(O)c1. The predicted molar refractivity (Wildman–Crippen MR) is 69.1 cm³/mol. The molecule has 1 atom stereocenters. The number of rotatable bonds is 1. The molecule has 1 fully saturated rings. The highest BCUT2D eigenvalue weighted by Gasteiger charge is 2.27. The average molecular weight is 310 g/mol. The van der Waals surface area contributed by atoms with Crippen LogP contribution in [0, 0.1) is 11.3 Å². The van der Waals surface area contributed by atoms with Crippen LogP contribution in [-0.2, 0) is 0 Å². The Hall–Kier alpha value is -1.58. The summed E-state index contributed by atoms with van der Waals surface area (Å²) in [7, 11) is 0. The van der Waals surface area contributed by atoms with Crippen molar-refractivity contribution < 1.29 is 9.90 Å². The van der Waals surface area contributed by atoms with Crippen LogP contribution >= 0.6 is 15.9 Å². The summed E-state index contributed by atoms with van der Waals surface area (Å²) in [5, 5.41) is 21.7. The molecule has 0 bridgehead atoms. The van der Waals surface area contributed by atoms with Crippen LogP contribution < -0.4 is 5.32 Å². The number of phenolic OH excluding ortho intramolecular Hbond substituents is 1. The minimum Gasteiger partial charge on any atom is -0.507 e. The zero-order chi connectivity index (χ0) is 13.1. The van der Waals surface area contributed by atoms with Crippen LogP contribution in [-0.4, -0.2) is 41.6 Å². The number of aromatic hydroxyl groups is 1. The Morgan fingerprint density at radius 1 is 1.61 bits per heavy atom. The van der Waals surface area contributed by atoms with Crippen molar-refractivity contribution in [2.45, 2.75) is 6.04 Å². The van der Waals surface area contributed by atoms with E-state index < -0.39 is 6.04 Å². The van der Waals surface area contributed by atoms with Gasteiger partial charge in [0.1, 0.15) is 11.8 Å². The minimum atomic E-state index is -0.461. The monoisotopic (exact) mass is 309 g/mol. The molecule has 0 aromatic heterocycles. The first-order valence-electron chi connectivity index (χ1n) is 5.53. The maximum absolute atomic E-state index is 12.3. The lowest BCUT2D eigenvalue weighted by Gasteiger charge is -2.32. The van der Waals surface area contributed by atoms with E-state index in [0.29, 0.717) is 29.7 Å². The number of nitriles is 1. The molecule has 2 rings (SSSR count). The Labute approximate surface area is 113 Å². The molecule has 1 amide bonds. The van der Waals surface area contributed by atoms with E-state index in [2.05, 4.69) is 27.3 Å². The highest BCUT2D eigenvalue weighted by Crippen LogP contribution is 2.25. The molecule has 18 heavy (non-hydrogen) atoms. The number of hydrogen-bond acceptors (Lipinski definition) is 4. The van der Waals surface area contributed by atoms with Gasteiger partial charge in [-0.1, -0.05) is 0 Å². The molecule has 1 aromatic rings. The fourth-order valence-corrected chi connectivity index (χ4v) is 2.12. The summed E-state index contributed by atoms with van der Waals surface area (Å²) in [6.45, 7) is 1.64. The van der Waals surface area contributed by atoms with Crippen molar-refractivity contribution in [1.82, 2.24) is 10.2 Å². The fourth-order valence-electron chi connectivity index (χ4n) is 1.87. The molecular weight excluding hydrogens is 298 g/mol. The zero-order valence-corrected chi connectivity index (χ0v) is 11.1. The van der Waals surface area contributed by atoms with E-state index in [9.17, 15) is 9.90 Å². The van der Waals surface area contributed by atoms with Crippen molar-refractivity contribution in [1.29, 1.82) is 5.26 Å². The smallest absolute Gasteiger partial charge is 0.255 e. The zero-order valence-electron chi connectivity index (χ0n) is 9.56. The number of phenols is 1. The average Bonchev–Trinajstić information content (AvgIpc) is 2.41. The van der Waals surface area contributed by atoms with Gasteiger partial charge in [-0.2, -0.15) is 5.26 Å². The summed E-state index contributed by atoms with van der Waals surface area (Å²) >= 11 is 3.16. The second-order valence-corrected chi connectivity index (χ2v) is 4.87. The molecule has 0 saturated carbocycles. The van der Waals surface area contributed by atoms with Crippen LogP contribution in [0.2, 0.25) is 0 Å². The first kappa shape index (κ1) is 12.9. The van der Waals surface area contributed by atoms with E-state index in [4.69, 9.17) is 5.26 Å². The van der Waals surface area contributed by atoms with Gasteiger partial charge in [0, 0.05) is 25.2 Å². The topological polar surface area (TPSA) is 76.4 Å². The molecule has 1 aliphatic rings. The van der Waals surface area contributed by atoms with Crippen molar-refractivity contribution in [3.63, 3.8) is 0 Å². The van der Waals surface area contributed by atoms with Crippen molar-refractivity contribution in [3.8, 4) is 11.8 Å². The molecule has 6 heteroatoms. The molecule has 1 aromatic carbocycles. The Balaban J connectivity index is 2.24. The molecular formula is C12H12BrN3O2. The number of carbonyl (C=O) groups is 1. The lowest BCUT2D eigenvalue weighted by Crippen LogP contribution is -2.53. The standard InChI is InChI=1S/C12H12BrN3O2/c13-10-2-1-8(5-11(10)17)12(18)16-4-3-15-7-9(16)6-14/h1-2,5,9,15,17H,3-4,7H2. The Kier molecular flexibility index (Phi) is 3.84. The van der Waals surface area contributed by atoms with Gasteiger partial charge in [-0.05, 0) is 34.1 Å². The molecule has 1 heterocycles. The van der Waals surface area contributed by atoms with Gasteiger partial charge in [-0.3, -0.25) is 4.79 Å². The summed E-state index contributed by atoms with van der Waals surface area (Å²) in [6.07, 6.45) is 0. The van der Waals surface area contributed by atoms with Crippen LogP contribution in [0.5, 0.6) is 5.75 Å². The van der Waals surface area contributed by atoms with Gasteiger partial charge in [-0.25, -0.2) is 0 Å². The quantitative estimate of drug-likeness (QED) is 0.814. The number of nitrogens with one attached hydrogen (secondary N) is 1. The number of carbonyl (C=O) groups excluding carboxylic acids is 1. The molecule has 2 N–H and O–H groups in total. The van der Waals surface area contributed by atoms with Gasteiger partial charge >= 0.3 is 0 Å². The normalized spacial score (nSPS) is 19.3. The lowest BCUT2D eigenvalue weighted by atomic mass is 10.1. The van der Waals surface area contributed by atoms with Crippen LogP contribution in [0.15, 0.2) is 22.7 Å². The Bertz CT molecular complexity index is 513. The molecule has 5 nitrogen and oxygen atoms in total. The highest BCUT2D eigenvalue weighted by molar-refractivity contribution is 9.10. The molecule has 1 saturated heterocycles. The van der Waals surface area contributed by atoms with Gasteiger partial charge < -0.3 is 15.3 Å². The van der Waals surface area contributed by atoms with E-state index in [0.717, 1.165) is 0 Å². The molecule has 0 spiro atoms. The third-order valence-electron chi connectivity index (χ3n) is 2.85. The van der Waals surface area contributed by atoms with E-state index in [1.165, 1.54) is 11.0 Å². The number of benzene rings is 1. The van der Waals surface area contributed by atoms with Crippen molar-refractivity contribution in [2.24, 2.45) is 0 Å². The molecule has 94 valence electrons. The summed E-state index contributed by atoms with van der Waals surface area (Å²) in [6, 6.07) is 6.29. The number of nitrogens with zero attached hydrogens (tertiary/aromatic N) is 2. The highest BCUT2D eigenvalue weighted by atomic mass is 79.9. The summed E-state index contributed by atoms with van der Waals surface area (Å²) in [5.74, 6) is -0.213. The number of piperazine rings is 1. The largest absolute Gasteiger partial charge is 0.507 e. The van der Waals surface area contributed by atoms with Crippen LogP contribution in [0.3, 0.4) is 0 Å². The number of hydrogen-bond donors (Lipinski definition) is 2. The summed E-state index contributed by atoms with van der Waals surface area (Å²) < 4.78 is 0.538. The first-order chi connectivity index (χ1) is 8.63. The number of halogens is 1. The first-order valence-corrected chi connectivity index (χ1v) is 6.32. The van der Waals surface area contributed by atoms with E-state index in [1.807, 2.05) is 0 Å². The Morgan fingerprint density at radius 2 is 2.39 bits per heavy atom. The second kappa shape index (κ2) is 5.38. The number of amides is 1. The second-order valence-electron chi connectivity index (χ2n) is 4.01. The fraction of sp³-hybridized carbons (Fsp3) is 0.333. The predicted octanol–water partition coefficient (Wildman–Crippen LogP) is 1.09. The summed E-state index contributed by atoms with van der Waals surface area (Å²) in [5.41, 5.74) is 0.387. The van der Waals surface area contributed by atoms with Crippen molar-refractivity contribution >= 4 is 21.8 Å². The van der Waals surface area contributed by atoms with Gasteiger partial charge in [0.15, 0.2) is 0 Å². The maximum Gasteiger partial charge on any atom is 0.255 e. The van der Waals surface area contributed by atoms with Gasteiger partial charge in [0.2, 0.25) is 0 Å². The lowest BCUT2D eigenvalue weighted by molar-refractivity contribution is 0.0686. The van der Waals surface area contributed by atoms with Crippen molar-refractivity contribution in [2.75, 3.05) is 19.6 Å². The van der Waals surface area contributed by atoms with Gasteiger partial charge in [-0.15, -0.1) is 0 Å². The minimum absolute atomic E-state index is 0.0180.